The summed E-state index contributed by atoms with van der Waals surface area (Å²) in [7, 11) is 0. The smallest absolute Gasteiger partial charge is 0.258 e. The summed E-state index contributed by atoms with van der Waals surface area (Å²) in [6.07, 6.45) is 2.66. The molecule has 1 rings (SSSR count). The molecule has 0 saturated carbocycles. The van der Waals surface area contributed by atoms with Gasteiger partial charge in [0.15, 0.2) is 0 Å². The van der Waals surface area contributed by atoms with E-state index in [-0.39, 0.29) is 11.7 Å². The molecule has 1 unspecified atom stereocenters. The SMILES string of the molecule is CC(C)(C)OC1CCN(N=C=O)C1. The molecule has 0 aromatic heterocycles. The Hall–Kier alpha value is -0.860. The molecule has 0 spiro atoms. The lowest BCUT2D eigenvalue weighted by Crippen LogP contribution is -2.29. The summed E-state index contributed by atoms with van der Waals surface area (Å²) in [5.74, 6) is 0. The zero-order valence-electron chi connectivity index (χ0n) is 8.41. The maximum absolute atomic E-state index is 9.98. The quantitative estimate of drug-likeness (QED) is 0.477. The summed E-state index contributed by atoms with van der Waals surface area (Å²) >= 11 is 0. The van der Waals surface area contributed by atoms with Gasteiger partial charge in [0.25, 0.3) is 6.08 Å². The molecule has 74 valence electrons. The molecule has 1 aliphatic heterocycles. The molecule has 4 nitrogen and oxygen atoms in total. The van der Waals surface area contributed by atoms with Gasteiger partial charge in [0.05, 0.1) is 18.2 Å². The van der Waals surface area contributed by atoms with Crippen molar-refractivity contribution < 1.29 is 9.53 Å². The van der Waals surface area contributed by atoms with Crippen molar-refractivity contribution in [3.8, 4) is 0 Å². The molecule has 0 aromatic carbocycles. The molecule has 1 atom stereocenters. The third kappa shape index (κ3) is 3.57. The van der Waals surface area contributed by atoms with Crippen LogP contribution in [0.4, 0.5) is 0 Å². The number of rotatable bonds is 2. The van der Waals surface area contributed by atoms with Crippen LogP contribution in [0.3, 0.4) is 0 Å². The van der Waals surface area contributed by atoms with Crippen molar-refractivity contribution in [3.63, 3.8) is 0 Å². The van der Waals surface area contributed by atoms with Crippen LogP contribution in [0.5, 0.6) is 0 Å². The standard InChI is InChI=1S/C9H16N2O2/c1-9(2,3)13-8-4-5-11(6-8)10-7-12/h8H,4-6H2,1-3H3. The van der Waals surface area contributed by atoms with E-state index in [0.29, 0.717) is 6.54 Å². The van der Waals surface area contributed by atoms with E-state index in [2.05, 4.69) is 5.10 Å². The van der Waals surface area contributed by atoms with Crippen LogP contribution in [0.25, 0.3) is 0 Å². The minimum absolute atomic E-state index is 0.119. The van der Waals surface area contributed by atoms with Crippen LogP contribution in [0.1, 0.15) is 27.2 Å². The number of nitrogens with zero attached hydrogens (tertiary/aromatic N) is 2. The first kappa shape index (κ1) is 10.2. The fourth-order valence-electron chi connectivity index (χ4n) is 1.46. The third-order valence-corrected chi connectivity index (χ3v) is 1.83. The van der Waals surface area contributed by atoms with Crippen molar-refractivity contribution in [2.24, 2.45) is 5.10 Å². The van der Waals surface area contributed by atoms with Crippen LogP contribution in [-0.2, 0) is 9.53 Å². The maximum atomic E-state index is 9.98. The van der Waals surface area contributed by atoms with E-state index in [1.165, 1.54) is 6.08 Å². The van der Waals surface area contributed by atoms with Gasteiger partial charge in [-0.05, 0) is 27.2 Å². The molecular weight excluding hydrogens is 168 g/mol. The Kier molecular flexibility index (Phi) is 3.07. The zero-order chi connectivity index (χ0) is 9.90. The number of hydrazone groups is 1. The second-order valence-electron chi connectivity index (χ2n) is 4.24. The van der Waals surface area contributed by atoms with Gasteiger partial charge in [-0.25, -0.2) is 4.79 Å². The number of ether oxygens (including phenoxy) is 1. The molecular formula is C9H16N2O2. The van der Waals surface area contributed by atoms with Crippen molar-refractivity contribution in [2.45, 2.75) is 38.9 Å². The predicted octanol–water partition coefficient (Wildman–Crippen LogP) is 1.13. The largest absolute Gasteiger partial charge is 0.371 e. The van der Waals surface area contributed by atoms with Gasteiger partial charge in [-0.1, -0.05) is 5.10 Å². The van der Waals surface area contributed by atoms with Gasteiger partial charge >= 0.3 is 0 Å². The lowest BCUT2D eigenvalue weighted by molar-refractivity contribution is -0.0538. The normalized spacial score (nSPS) is 23.0. The second-order valence-corrected chi connectivity index (χ2v) is 4.24. The summed E-state index contributed by atoms with van der Waals surface area (Å²) in [4.78, 5) is 9.98. The second kappa shape index (κ2) is 3.90. The average Bonchev–Trinajstić information content (AvgIpc) is 2.33. The molecule has 0 aromatic rings. The minimum Gasteiger partial charge on any atom is -0.371 e. The average molecular weight is 184 g/mol. The van der Waals surface area contributed by atoms with E-state index in [0.717, 1.165) is 13.0 Å². The highest BCUT2D eigenvalue weighted by molar-refractivity contribution is 5.32. The van der Waals surface area contributed by atoms with Crippen LogP contribution in [-0.4, -0.2) is 35.9 Å². The van der Waals surface area contributed by atoms with Gasteiger partial charge < -0.3 is 4.74 Å². The Bertz CT molecular complexity index is 216. The van der Waals surface area contributed by atoms with E-state index < -0.39 is 0 Å². The molecule has 1 saturated heterocycles. The maximum Gasteiger partial charge on any atom is 0.258 e. The fourth-order valence-corrected chi connectivity index (χ4v) is 1.46. The molecule has 0 N–H and O–H groups in total. The van der Waals surface area contributed by atoms with Gasteiger partial charge in [-0.3, -0.25) is 5.01 Å². The first-order valence-corrected chi connectivity index (χ1v) is 4.52. The zero-order valence-corrected chi connectivity index (χ0v) is 8.41. The summed E-state index contributed by atoms with van der Waals surface area (Å²) in [6.45, 7) is 7.57. The van der Waals surface area contributed by atoms with E-state index in [1.807, 2.05) is 20.8 Å². The molecule has 0 aliphatic carbocycles. The van der Waals surface area contributed by atoms with Gasteiger partial charge in [0.2, 0.25) is 0 Å². The first-order chi connectivity index (χ1) is 6.01. The number of hydrogen-bond acceptors (Lipinski definition) is 4. The molecule has 0 amide bonds. The lowest BCUT2D eigenvalue weighted by atomic mass is 10.2. The monoisotopic (exact) mass is 184 g/mol. The van der Waals surface area contributed by atoms with Gasteiger partial charge in [-0.2, -0.15) is 0 Å². The Morgan fingerprint density at radius 3 is 2.77 bits per heavy atom. The molecule has 0 bridgehead atoms. The van der Waals surface area contributed by atoms with E-state index >= 15 is 0 Å². The summed E-state index contributed by atoms with van der Waals surface area (Å²) in [5.41, 5.74) is -0.119. The van der Waals surface area contributed by atoms with Gasteiger partial charge in [0.1, 0.15) is 0 Å². The third-order valence-electron chi connectivity index (χ3n) is 1.83. The van der Waals surface area contributed by atoms with Crippen LogP contribution in [0.15, 0.2) is 5.10 Å². The van der Waals surface area contributed by atoms with Crippen molar-refractivity contribution in [1.82, 2.24) is 5.01 Å². The van der Waals surface area contributed by atoms with Crippen LogP contribution >= 0.6 is 0 Å². The fraction of sp³-hybridized carbons (Fsp3) is 0.889. The lowest BCUT2D eigenvalue weighted by Gasteiger charge is -2.24. The highest BCUT2D eigenvalue weighted by Crippen LogP contribution is 2.19. The van der Waals surface area contributed by atoms with E-state index in [9.17, 15) is 4.79 Å². The Balaban J connectivity index is 2.37. The topological polar surface area (TPSA) is 41.9 Å². The first-order valence-electron chi connectivity index (χ1n) is 4.52. The Labute approximate surface area is 78.6 Å². The van der Waals surface area contributed by atoms with Gasteiger partial charge in [-0.15, -0.1) is 0 Å². The predicted molar refractivity (Wildman–Crippen MR) is 48.9 cm³/mol. The van der Waals surface area contributed by atoms with Crippen LogP contribution < -0.4 is 0 Å². The molecule has 13 heavy (non-hydrogen) atoms. The van der Waals surface area contributed by atoms with E-state index in [4.69, 9.17) is 4.74 Å². The number of carbonyl (C=O) groups excluding carboxylic acids is 1. The number of isocyanates is 1. The number of hydrogen-bond donors (Lipinski definition) is 0. The molecule has 1 fully saturated rings. The Morgan fingerprint density at radius 1 is 1.54 bits per heavy atom. The van der Waals surface area contributed by atoms with Crippen LogP contribution in [0, 0.1) is 0 Å². The van der Waals surface area contributed by atoms with Crippen LogP contribution in [0.2, 0.25) is 0 Å². The van der Waals surface area contributed by atoms with Crippen molar-refractivity contribution in [3.05, 3.63) is 0 Å². The van der Waals surface area contributed by atoms with Gasteiger partial charge in [0, 0.05) is 6.54 Å². The molecule has 4 heteroatoms. The van der Waals surface area contributed by atoms with Crippen molar-refractivity contribution in [2.75, 3.05) is 13.1 Å². The van der Waals surface area contributed by atoms with Crippen molar-refractivity contribution >= 4 is 6.08 Å². The highest BCUT2D eigenvalue weighted by Gasteiger charge is 2.26. The van der Waals surface area contributed by atoms with E-state index in [1.54, 1.807) is 5.01 Å². The molecule has 1 aliphatic rings. The van der Waals surface area contributed by atoms with Crippen molar-refractivity contribution in [1.29, 1.82) is 0 Å². The molecule has 0 radical (unpaired) electrons. The highest BCUT2D eigenvalue weighted by atomic mass is 16.5. The summed E-state index contributed by atoms with van der Waals surface area (Å²) in [5, 5.41) is 5.25. The summed E-state index contributed by atoms with van der Waals surface area (Å²) in [6, 6.07) is 0. The molecule has 1 heterocycles. The summed E-state index contributed by atoms with van der Waals surface area (Å²) < 4.78 is 5.74. The minimum atomic E-state index is -0.119. The Morgan fingerprint density at radius 2 is 2.23 bits per heavy atom.